The van der Waals surface area contributed by atoms with Crippen LogP contribution < -0.4 is 5.32 Å². The van der Waals surface area contributed by atoms with Crippen molar-refractivity contribution in [2.45, 2.75) is 32.2 Å². The predicted octanol–water partition coefficient (Wildman–Crippen LogP) is 5.22. The van der Waals surface area contributed by atoms with Crippen LogP contribution in [0.2, 0.25) is 5.02 Å². The normalized spacial score (nSPS) is 17.4. The van der Waals surface area contributed by atoms with E-state index in [-0.39, 0.29) is 18.1 Å². The number of halogens is 1. The second kappa shape index (κ2) is 8.05. The van der Waals surface area contributed by atoms with Gasteiger partial charge in [0.2, 0.25) is 0 Å². The highest BCUT2D eigenvalue weighted by molar-refractivity contribution is 6.31. The Morgan fingerprint density at radius 1 is 1.06 bits per heavy atom. The Balaban J connectivity index is 1.10. The molecule has 7 rings (SSSR count). The van der Waals surface area contributed by atoms with E-state index in [4.69, 9.17) is 16.3 Å². The molecule has 178 valence electrons. The lowest BCUT2D eigenvalue weighted by atomic mass is 9.84. The van der Waals surface area contributed by atoms with Crippen molar-refractivity contribution in [3.8, 4) is 0 Å². The third-order valence-electron chi connectivity index (χ3n) is 7.03. The van der Waals surface area contributed by atoms with Gasteiger partial charge in [-0.05, 0) is 70.6 Å². The van der Waals surface area contributed by atoms with E-state index in [2.05, 4.69) is 38.8 Å². The Labute approximate surface area is 212 Å². The molecule has 0 fully saturated rings. The van der Waals surface area contributed by atoms with Crippen molar-refractivity contribution >= 4 is 28.4 Å². The van der Waals surface area contributed by atoms with E-state index in [0.717, 1.165) is 39.8 Å². The van der Waals surface area contributed by atoms with Crippen LogP contribution in [0.25, 0.3) is 10.9 Å². The monoisotopic (exact) mass is 495 g/mol. The lowest BCUT2D eigenvalue weighted by Gasteiger charge is -2.17. The Kier molecular flexibility index (Phi) is 4.77. The van der Waals surface area contributed by atoms with Crippen molar-refractivity contribution in [3.63, 3.8) is 0 Å². The molecule has 8 heteroatoms. The zero-order valence-corrected chi connectivity index (χ0v) is 20.2. The van der Waals surface area contributed by atoms with Crippen molar-refractivity contribution in [2.24, 2.45) is 0 Å². The fraction of sp³-hybridized carbons (Fsp3) is 0.179. The van der Waals surface area contributed by atoms with Crippen LogP contribution in [0.3, 0.4) is 0 Å². The minimum atomic E-state index is -0.146. The molecule has 2 N–H and O–H groups in total. The number of aryl methyl sites for hydroxylation is 1. The summed E-state index contributed by atoms with van der Waals surface area (Å²) in [4.78, 5) is 13.0. The average molecular weight is 496 g/mol. The van der Waals surface area contributed by atoms with Crippen molar-refractivity contribution in [1.29, 1.82) is 0 Å². The lowest BCUT2D eigenvalue weighted by Crippen LogP contribution is -2.23. The van der Waals surface area contributed by atoms with Gasteiger partial charge >= 0.3 is 0 Å². The van der Waals surface area contributed by atoms with Crippen molar-refractivity contribution < 1.29 is 9.53 Å². The number of aromatic nitrogens is 4. The van der Waals surface area contributed by atoms with Gasteiger partial charge in [0.1, 0.15) is 12.2 Å². The van der Waals surface area contributed by atoms with Gasteiger partial charge in [-0.15, -0.1) is 0 Å². The standard InChI is InChI=1S/C28H22ClN5O2/c1-15-11-31-34(13-15)14-16-2-5-19-21(8-16)26-20-6-3-17(9-22(20)27(19)36-26)28(35)30-12-25-23-10-18(29)4-7-24(23)32-33-25/h2-11,13,26-27H,12,14H2,1H3,(H,30,35)(H,32,33). The molecule has 0 aliphatic carbocycles. The average Bonchev–Trinajstić information content (AvgIpc) is 3.65. The summed E-state index contributed by atoms with van der Waals surface area (Å²) in [6.45, 7) is 3.10. The van der Waals surface area contributed by atoms with E-state index >= 15 is 0 Å². The highest BCUT2D eigenvalue weighted by Gasteiger charge is 2.43. The number of hydrogen-bond donors (Lipinski definition) is 2. The second-order valence-electron chi connectivity index (χ2n) is 9.46. The number of nitrogens with zero attached hydrogens (tertiary/aromatic N) is 3. The van der Waals surface area contributed by atoms with Gasteiger partial charge in [-0.3, -0.25) is 14.6 Å². The summed E-state index contributed by atoms with van der Waals surface area (Å²) in [6.07, 6.45) is 3.67. The molecule has 2 bridgehead atoms. The van der Waals surface area contributed by atoms with Gasteiger partial charge in [-0.2, -0.15) is 10.2 Å². The molecule has 2 aliphatic heterocycles. The molecule has 1 amide bonds. The molecule has 36 heavy (non-hydrogen) atoms. The van der Waals surface area contributed by atoms with E-state index in [9.17, 15) is 4.79 Å². The summed E-state index contributed by atoms with van der Waals surface area (Å²) < 4.78 is 8.30. The maximum absolute atomic E-state index is 13.0. The van der Waals surface area contributed by atoms with Crippen LogP contribution in [0.4, 0.5) is 0 Å². The van der Waals surface area contributed by atoms with Gasteiger partial charge < -0.3 is 10.1 Å². The number of hydrogen-bond acceptors (Lipinski definition) is 4. The molecule has 2 atom stereocenters. The topological polar surface area (TPSA) is 84.8 Å². The molecule has 2 aromatic heterocycles. The van der Waals surface area contributed by atoms with Crippen LogP contribution in [0.5, 0.6) is 0 Å². The molecule has 2 unspecified atom stereocenters. The Morgan fingerprint density at radius 3 is 2.67 bits per heavy atom. The van der Waals surface area contributed by atoms with Gasteiger partial charge in [-0.25, -0.2) is 0 Å². The number of benzene rings is 3. The molecule has 3 aromatic carbocycles. The SMILES string of the molecule is Cc1cnn(Cc2ccc3c(c2)C2OC3c3cc(C(=O)NCc4[nH]nc5ccc(Cl)cc45)ccc32)c1. The molecule has 2 aliphatic rings. The van der Waals surface area contributed by atoms with Crippen LogP contribution in [0, 0.1) is 6.92 Å². The number of fused-ring (bicyclic) bond motifs is 9. The van der Waals surface area contributed by atoms with Crippen LogP contribution in [0.15, 0.2) is 67.0 Å². The predicted molar refractivity (Wildman–Crippen MR) is 136 cm³/mol. The van der Waals surface area contributed by atoms with E-state index in [1.165, 1.54) is 16.7 Å². The van der Waals surface area contributed by atoms with Gasteiger partial charge in [0, 0.05) is 22.2 Å². The number of ether oxygens (including phenoxy) is 1. The fourth-order valence-electron chi connectivity index (χ4n) is 5.32. The number of H-pyrrole nitrogens is 1. The molecule has 0 saturated carbocycles. The molecule has 0 radical (unpaired) electrons. The summed E-state index contributed by atoms with van der Waals surface area (Å²) in [6, 6.07) is 17.9. The van der Waals surface area contributed by atoms with Gasteiger partial charge in [0.25, 0.3) is 5.91 Å². The van der Waals surface area contributed by atoms with Crippen LogP contribution >= 0.6 is 11.6 Å². The highest BCUT2D eigenvalue weighted by Crippen LogP contribution is 2.54. The van der Waals surface area contributed by atoms with Crippen LogP contribution in [0.1, 0.15) is 61.6 Å². The minimum absolute atomic E-state index is 0.0995. The number of aromatic amines is 1. The van der Waals surface area contributed by atoms with Gasteiger partial charge in [-0.1, -0.05) is 35.9 Å². The first kappa shape index (κ1) is 21.4. The van der Waals surface area contributed by atoms with Crippen LogP contribution in [-0.4, -0.2) is 25.9 Å². The summed E-state index contributed by atoms with van der Waals surface area (Å²) in [5.74, 6) is -0.143. The smallest absolute Gasteiger partial charge is 0.251 e. The number of rotatable bonds is 5. The lowest BCUT2D eigenvalue weighted by molar-refractivity contribution is 0.0857. The maximum atomic E-state index is 13.0. The largest absolute Gasteiger partial charge is 0.356 e. The summed E-state index contributed by atoms with van der Waals surface area (Å²) >= 11 is 6.13. The van der Waals surface area contributed by atoms with E-state index in [0.29, 0.717) is 17.1 Å². The molecule has 0 saturated heterocycles. The Hall–Kier alpha value is -3.94. The van der Waals surface area contributed by atoms with E-state index in [1.54, 1.807) is 6.07 Å². The summed E-state index contributed by atoms with van der Waals surface area (Å²) in [5.41, 5.74) is 9.16. The summed E-state index contributed by atoms with van der Waals surface area (Å²) in [5, 5.41) is 16.2. The Morgan fingerprint density at radius 2 is 1.86 bits per heavy atom. The number of carbonyl (C=O) groups excluding carboxylic acids is 1. The zero-order valence-electron chi connectivity index (χ0n) is 19.5. The fourth-order valence-corrected chi connectivity index (χ4v) is 5.49. The van der Waals surface area contributed by atoms with Crippen LogP contribution in [-0.2, 0) is 17.8 Å². The van der Waals surface area contributed by atoms with Crippen molar-refractivity contribution in [1.82, 2.24) is 25.3 Å². The van der Waals surface area contributed by atoms with E-state index in [1.807, 2.05) is 54.3 Å². The first-order chi connectivity index (χ1) is 17.5. The Bertz CT molecular complexity index is 1670. The zero-order chi connectivity index (χ0) is 24.4. The molecular formula is C28H22ClN5O2. The first-order valence-electron chi connectivity index (χ1n) is 11.9. The van der Waals surface area contributed by atoms with Crippen molar-refractivity contribution in [2.75, 3.05) is 0 Å². The number of amides is 1. The number of carbonyl (C=O) groups is 1. The molecule has 7 nitrogen and oxygen atoms in total. The van der Waals surface area contributed by atoms with Crippen molar-refractivity contribution in [3.05, 3.63) is 117 Å². The third kappa shape index (κ3) is 3.43. The number of nitrogens with one attached hydrogen (secondary N) is 2. The van der Waals surface area contributed by atoms with Gasteiger partial charge in [0.15, 0.2) is 0 Å². The molecule has 4 heterocycles. The third-order valence-corrected chi connectivity index (χ3v) is 7.26. The molecular weight excluding hydrogens is 474 g/mol. The first-order valence-corrected chi connectivity index (χ1v) is 12.2. The summed E-state index contributed by atoms with van der Waals surface area (Å²) in [7, 11) is 0. The van der Waals surface area contributed by atoms with Gasteiger partial charge in [0.05, 0.1) is 30.5 Å². The minimum Gasteiger partial charge on any atom is -0.356 e. The van der Waals surface area contributed by atoms with E-state index < -0.39 is 0 Å². The second-order valence-corrected chi connectivity index (χ2v) is 9.90. The quantitative estimate of drug-likeness (QED) is 0.350. The highest BCUT2D eigenvalue weighted by atomic mass is 35.5. The molecule has 5 aromatic rings. The molecule has 0 spiro atoms. The maximum Gasteiger partial charge on any atom is 0.251 e.